The zero-order valence-electron chi connectivity index (χ0n) is 16.2. The number of hydrogen-bond donors (Lipinski definition) is 2. The number of anilines is 1. The molecule has 0 aliphatic carbocycles. The number of rotatable bonds is 4. The largest absolute Gasteiger partial charge is 0.506 e. The summed E-state index contributed by atoms with van der Waals surface area (Å²) in [6.07, 6.45) is 5.45. The van der Waals surface area contributed by atoms with E-state index in [4.69, 9.17) is 0 Å². The van der Waals surface area contributed by atoms with Crippen LogP contribution in [0, 0.1) is 6.92 Å². The van der Waals surface area contributed by atoms with Crippen LogP contribution >= 0.6 is 0 Å². The van der Waals surface area contributed by atoms with Crippen LogP contribution in [0.5, 0.6) is 5.75 Å². The first kappa shape index (κ1) is 18.9. The lowest BCUT2D eigenvalue weighted by molar-refractivity contribution is -0.118. The molecule has 0 radical (unpaired) electrons. The van der Waals surface area contributed by atoms with E-state index in [2.05, 4.69) is 15.0 Å². The van der Waals surface area contributed by atoms with Crippen LogP contribution < -0.4 is 10.5 Å². The summed E-state index contributed by atoms with van der Waals surface area (Å²) in [5.74, 6) is 0.472. The van der Waals surface area contributed by atoms with Crippen molar-refractivity contribution in [3.8, 4) is 17.1 Å². The molecule has 4 rings (SSSR count). The number of fused-ring (bicyclic) bond motifs is 1. The molecule has 1 amide bonds. The van der Waals surface area contributed by atoms with Crippen LogP contribution in [0.25, 0.3) is 11.4 Å². The van der Waals surface area contributed by atoms with Gasteiger partial charge in [-0.05, 0) is 49.9 Å². The molecule has 0 atom stereocenters. The summed E-state index contributed by atoms with van der Waals surface area (Å²) in [4.78, 5) is 38.4. The molecule has 7 heteroatoms. The Kier molecular flexibility index (Phi) is 5.12. The molecule has 1 aliphatic heterocycles. The Hall–Kier alpha value is -3.48. The summed E-state index contributed by atoms with van der Waals surface area (Å²) in [6, 6.07) is 8.93. The summed E-state index contributed by atoms with van der Waals surface area (Å²) >= 11 is 0. The Labute approximate surface area is 168 Å². The molecular formula is C22H22N4O3. The van der Waals surface area contributed by atoms with Gasteiger partial charge in [-0.3, -0.25) is 14.6 Å². The first-order valence-electron chi connectivity index (χ1n) is 9.66. The van der Waals surface area contributed by atoms with Crippen molar-refractivity contribution in [2.24, 2.45) is 0 Å². The molecule has 0 bridgehead atoms. The number of aromatic hydroxyl groups is 1. The summed E-state index contributed by atoms with van der Waals surface area (Å²) in [5, 5.41) is 10.2. The van der Waals surface area contributed by atoms with Gasteiger partial charge in [0.15, 0.2) is 0 Å². The predicted octanol–water partition coefficient (Wildman–Crippen LogP) is 2.76. The summed E-state index contributed by atoms with van der Waals surface area (Å²) in [6.45, 7) is 2.34. The molecule has 2 N–H and O–H groups in total. The van der Waals surface area contributed by atoms with E-state index in [9.17, 15) is 14.7 Å². The number of carbonyl (C=O) groups is 1. The highest BCUT2D eigenvalue weighted by molar-refractivity contribution is 5.96. The van der Waals surface area contributed by atoms with Crippen molar-refractivity contribution in [1.29, 1.82) is 0 Å². The minimum Gasteiger partial charge on any atom is -0.506 e. The molecule has 3 heterocycles. The average Bonchev–Trinajstić information content (AvgIpc) is 2.73. The highest BCUT2D eigenvalue weighted by Crippen LogP contribution is 2.35. The molecule has 0 spiro atoms. The molecule has 3 aromatic rings. The summed E-state index contributed by atoms with van der Waals surface area (Å²) in [5.41, 5.74) is 3.16. The lowest BCUT2D eigenvalue weighted by atomic mass is 10.00. The Morgan fingerprint density at radius 3 is 2.90 bits per heavy atom. The number of aryl methyl sites for hydroxylation is 2. The minimum absolute atomic E-state index is 0.109. The maximum Gasteiger partial charge on any atom is 0.254 e. The van der Waals surface area contributed by atoms with Crippen molar-refractivity contribution < 1.29 is 9.90 Å². The van der Waals surface area contributed by atoms with Gasteiger partial charge in [0.25, 0.3) is 5.56 Å². The number of nitrogens with one attached hydrogen (secondary N) is 1. The van der Waals surface area contributed by atoms with Crippen molar-refractivity contribution in [3.63, 3.8) is 0 Å². The van der Waals surface area contributed by atoms with Gasteiger partial charge >= 0.3 is 0 Å². The fourth-order valence-corrected chi connectivity index (χ4v) is 3.79. The third-order valence-corrected chi connectivity index (χ3v) is 5.24. The zero-order valence-corrected chi connectivity index (χ0v) is 16.2. The summed E-state index contributed by atoms with van der Waals surface area (Å²) < 4.78 is 0. The third kappa shape index (κ3) is 3.76. The standard InChI is InChI=1S/C22H22N4O3/c1-14-17(22(29)25-21(24-14)16-6-3-11-23-13-16)9-10-19(28)26-12-4-7-15-5-2-8-18(27)20(15)26/h2-3,5-6,8,11,13,27H,4,7,9-10,12H2,1H3,(H,24,25,29). The fourth-order valence-electron chi connectivity index (χ4n) is 3.79. The smallest absolute Gasteiger partial charge is 0.254 e. The van der Waals surface area contributed by atoms with Gasteiger partial charge in [-0.15, -0.1) is 0 Å². The van der Waals surface area contributed by atoms with Gasteiger partial charge < -0.3 is 15.0 Å². The van der Waals surface area contributed by atoms with Gasteiger partial charge in [-0.2, -0.15) is 0 Å². The number of hydrogen-bond acceptors (Lipinski definition) is 5. The molecular weight excluding hydrogens is 368 g/mol. The fraction of sp³-hybridized carbons (Fsp3) is 0.273. The monoisotopic (exact) mass is 390 g/mol. The van der Waals surface area contributed by atoms with E-state index in [-0.39, 0.29) is 23.6 Å². The molecule has 7 nitrogen and oxygen atoms in total. The number of carbonyl (C=O) groups excluding carboxylic acids is 1. The molecule has 148 valence electrons. The van der Waals surface area contributed by atoms with E-state index < -0.39 is 0 Å². The normalized spacial score (nSPS) is 13.2. The minimum atomic E-state index is -0.244. The molecule has 2 aromatic heterocycles. The number of pyridine rings is 1. The van der Waals surface area contributed by atoms with Crippen molar-refractivity contribution in [2.75, 3.05) is 11.4 Å². The van der Waals surface area contributed by atoms with Crippen molar-refractivity contribution in [3.05, 3.63) is 69.9 Å². The van der Waals surface area contributed by atoms with Crippen LogP contribution in [0.4, 0.5) is 5.69 Å². The lowest BCUT2D eigenvalue weighted by Gasteiger charge is -2.30. The van der Waals surface area contributed by atoms with E-state index in [1.54, 1.807) is 42.4 Å². The van der Waals surface area contributed by atoms with Gasteiger partial charge in [-0.1, -0.05) is 12.1 Å². The number of phenolic OH excluding ortho intramolecular Hbond substituents is 1. The number of H-pyrrole nitrogens is 1. The SMILES string of the molecule is Cc1nc(-c2cccnc2)[nH]c(=O)c1CCC(=O)N1CCCc2cccc(O)c21. The highest BCUT2D eigenvalue weighted by Gasteiger charge is 2.25. The molecule has 0 unspecified atom stereocenters. The second-order valence-electron chi connectivity index (χ2n) is 7.15. The lowest BCUT2D eigenvalue weighted by Crippen LogP contribution is -2.36. The Bertz CT molecular complexity index is 1110. The van der Waals surface area contributed by atoms with Gasteiger partial charge in [0.1, 0.15) is 11.6 Å². The quantitative estimate of drug-likeness (QED) is 0.714. The van der Waals surface area contributed by atoms with Gasteiger partial charge in [0.05, 0.1) is 5.69 Å². The van der Waals surface area contributed by atoms with E-state index in [0.29, 0.717) is 35.7 Å². The van der Waals surface area contributed by atoms with Gasteiger partial charge in [0, 0.05) is 42.2 Å². The second-order valence-corrected chi connectivity index (χ2v) is 7.15. The van der Waals surface area contributed by atoms with Crippen LogP contribution in [0.3, 0.4) is 0 Å². The molecule has 0 saturated carbocycles. The highest BCUT2D eigenvalue weighted by atomic mass is 16.3. The molecule has 0 saturated heterocycles. The first-order chi connectivity index (χ1) is 14.0. The van der Waals surface area contributed by atoms with E-state index in [1.807, 2.05) is 12.1 Å². The van der Waals surface area contributed by atoms with E-state index in [0.717, 1.165) is 24.0 Å². The maximum atomic E-state index is 12.9. The number of amides is 1. The topological polar surface area (TPSA) is 99.2 Å². The van der Waals surface area contributed by atoms with Crippen molar-refractivity contribution in [2.45, 2.75) is 32.6 Å². The zero-order chi connectivity index (χ0) is 20.4. The van der Waals surface area contributed by atoms with Crippen LogP contribution in [-0.2, 0) is 17.6 Å². The Balaban J connectivity index is 1.53. The number of aromatic amines is 1. The van der Waals surface area contributed by atoms with Crippen LogP contribution in [0.2, 0.25) is 0 Å². The van der Waals surface area contributed by atoms with Gasteiger partial charge in [-0.25, -0.2) is 4.98 Å². The number of aromatic nitrogens is 3. The second kappa shape index (κ2) is 7.87. The maximum absolute atomic E-state index is 12.9. The number of benzene rings is 1. The third-order valence-electron chi connectivity index (χ3n) is 5.24. The van der Waals surface area contributed by atoms with Crippen LogP contribution in [-0.4, -0.2) is 32.5 Å². The summed E-state index contributed by atoms with van der Waals surface area (Å²) in [7, 11) is 0. The number of para-hydroxylation sites is 1. The van der Waals surface area contributed by atoms with Gasteiger partial charge in [0.2, 0.25) is 5.91 Å². The molecule has 1 aliphatic rings. The number of phenols is 1. The Morgan fingerprint density at radius 1 is 1.28 bits per heavy atom. The molecule has 29 heavy (non-hydrogen) atoms. The number of nitrogens with zero attached hydrogens (tertiary/aromatic N) is 3. The van der Waals surface area contributed by atoms with Crippen LogP contribution in [0.1, 0.15) is 29.7 Å². The van der Waals surface area contributed by atoms with Crippen molar-refractivity contribution in [1.82, 2.24) is 15.0 Å². The predicted molar refractivity (Wildman–Crippen MR) is 110 cm³/mol. The van der Waals surface area contributed by atoms with E-state index >= 15 is 0 Å². The van der Waals surface area contributed by atoms with E-state index in [1.165, 1.54) is 0 Å². The first-order valence-corrected chi connectivity index (χ1v) is 9.66. The molecule has 0 fully saturated rings. The van der Waals surface area contributed by atoms with Crippen molar-refractivity contribution >= 4 is 11.6 Å². The van der Waals surface area contributed by atoms with Crippen LogP contribution in [0.15, 0.2) is 47.5 Å². The molecule has 1 aromatic carbocycles. The Morgan fingerprint density at radius 2 is 2.14 bits per heavy atom. The average molecular weight is 390 g/mol.